The van der Waals surface area contributed by atoms with E-state index in [2.05, 4.69) is 5.32 Å². The van der Waals surface area contributed by atoms with Crippen molar-refractivity contribution in [3.63, 3.8) is 0 Å². The number of anilines is 1. The highest BCUT2D eigenvalue weighted by atomic mass is 16.1. The summed E-state index contributed by atoms with van der Waals surface area (Å²) in [5, 5.41) is 2.74. The zero-order valence-corrected chi connectivity index (χ0v) is 15.2. The fourth-order valence-corrected chi connectivity index (χ4v) is 3.21. The van der Waals surface area contributed by atoms with Gasteiger partial charge in [-0.2, -0.15) is 0 Å². The number of aryl methyl sites for hydroxylation is 1. The number of amides is 1. The van der Waals surface area contributed by atoms with Crippen LogP contribution in [0.3, 0.4) is 0 Å². The lowest BCUT2D eigenvalue weighted by molar-refractivity contribution is -0.111. The number of rotatable bonds is 3. The van der Waals surface area contributed by atoms with Gasteiger partial charge in [0.15, 0.2) is 11.6 Å². The van der Waals surface area contributed by atoms with E-state index in [0.29, 0.717) is 27.9 Å². The van der Waals surface area contributed by atoms with Gasteiger partial charge in [-0.15, -0.1) is 0 Å². The lowest BCUT2D eigenvalue weighted by Crippen LogP contribution is -2.21. The van der Waals surface area contributed by atoms with E-state index in [1.54, 1.807) is 48.5 Å². The molecular weight excluding hydrogens is 350 g/mol. The normalized spacial score (nSPS) is 12.6. The first-order chi connectivity index (χ1) is 13.5. The maximum atomic E-state index is 12.8. The number of ketones is 2. The molecule has 3 aromatic carbocycles. The molecule has 0 spiro atoms. The van der Waals surface area contributed by atoms with E-state index >= 15 is 0 Å². The molecule has 1 aliphatic carbocycles. The first-order valence-corrected chi connectivity index (χ1v) is 8.91. The molecular formula is C24H17NO3. The number of carbonyl (C=O) groups is 3. The molecule has 0 fully saturated rings. The Balaban J connectivity index is 1.56. The smallest absolute Gasteiger partial charge is 0.248 e. The fourth-order valence-electron chi connectivity index (χ4n) is 3.21. The van der Waals surface area contributed by atoms with Crippen LogP contribution in [0.1, 0.15) is 43.0 Å². The van der Waals surface area contributed by atoms with E-state index in [1.165, 1.54) is 6.08 Å². The summed E-state index contributed by atoms with van der Waals surface area (Å²) in [4.78, 5) is 37.6. The zero-order chi connectivity index (χ0) is 19.7. The second kappa shape index (κ2) is 7.08. The minimum atomic E-state index is -0.310. The molecule has 1 aliphatic rings. The molecule has 4 rings (SSSR count). The molecule has 0 aliphatic heterocycles. The fraction of sp³-hybridized carbons (Fsp3) is 0.0417. The van der Waals surface area contributed by atoms with Gasteiger partial charge >= 0.3 is 0 Å². The lowest BCUT2D eigenvalue weighted by Gasteiger charge is -2.18. The van der Waals surface area contributed by atoms with Crippen LogP contribution in [0.25, 0.3) is 6.08 Å². The van der Waals surface area contributed by atoms with Crippen molar-refractivity contribution in [3.05, 3.63) is 106 Å². The third-order valence-electron chi connectivity index (χ3n) is 4.70. The highest BCUT2D eigenvalue weighted by Crippen LogP contribution is 2.29. The van der Waals surface area contributed by atoms with Crippen LogP contribution >= 0.6 is 0 Å². The van der Waals surface area contributed by atoms with Crippen LogP contribution in [0, 0.1) is 6.92 Å². The monoisotopic (exact) mass is 367 g/mol. The minimum Gasteiger partial charge on any atom is -0.322 e. The van der Waals surface area contributed by atoms with Crippen LogP contribution in [0.15, 0.2) is 72.8 Å². The Kier molecular flexibility index (Phi) is 4.45. The molecule has 4 nitrogen and oxygen atoms in total. The van der Waals surface area contributed by atoms with Crippen molar-refractivity contribution < 1.29 is 14.4 Å². The van der Waals surface area contributed by atoms with Gasteiger partial charge in [-0.1, -0.05) is 54.1 Å². The molecule has 0 saturated carbocycles. The second-order valence-electron chi connectivity index (χ2n) is 6.70. The SMILES string of the molecule is Cc1ccc(/C=C/C(=O)Nc2ccc3c(c2)C(=O)c2ccccc2C3=O)cc1. The van der Waals surface area contributed by atoms with Gasteiger partial charge in [0, 0.05) is 34.0 Å². The van der Waals surface area contributed by atoms with Gasteiger partial charge in [0.05, 0.1) is 0 Å². The van der Waals surface area contributed by atoms with Crippen LogP contribution < -0.4 is 5.32 Å². The summed E-state index contributed by atoms with van der Waals surface area (Å²) >= 11 is 0. The summed E-state index contributed by atoms with van der Waals surface area (Å²) in [7, 11) is 0. The van der Waals surface area contributed by atoms with Crippen molar-refractivity contribution in [1.29, 1.82) is 0 Å². The molecule has 3 aromatic rings. The number of nitrogens with one attached hydrogen (secondary N) is 1. The second-order valence-corrected chi connectivity index (χ2v) is 6.70. The number of carbonyl (C=O) groups excluding carboxylic acids is 3. The van der Waals surface area contributed by atoms with E-state index < -0.39 is 0 Å². The number of hydrogen-bond donors (Lipinski definition) is 1. The largest absolute Gasteiger partial charge is 0.322 e. The average molecular weight is 367 g/mol. The molecule has 0 unspecified atom stereocenters. The van der Waals surface area contributed by atoms with E-state index in [1.807, 2.05) is 31.2 Å². The molecule has 0 bridgehead atoms. The van der Waals surface area contributed by atoms with E-state index in [4.69, 9.17) is 0 Å². The van der Waals surface area contributed by atoms with Gasteiger partial charge < -0.3 is 5.32 Å². The number of fused-ring (bicyclic) bond motifs is 2. The van der Waals surface area contributed by atoms with Gasteiger partial charge in [-0.3, -0.25) is 14.4 Å². The summed E-state index contributed by atoms with van der Waals surface area (Å²) in [6.07, 6.45) is 3.16. The van der Waals surface area contributed by atoms with Crippen molar-refractivity contribution in [2.75, 3.05) is 5.32 Å². The van der Waals surface area contributed by atoms with Crippen LogP contribution in [-0.4, -0.2) is 17.5 Å². The average Bonchev–Trinajstić information content (AvgIpc) is 2.71. The predicted molar refractivity (Wildman–Crippen MR) is 109 cm³/mol. The Morgan fingerprint density at radius 3 is 2.07 bits per heavy atom. The molecule has 1 N–H and O–H groups in total. The Labute approximate surface area is 162 Å². The Morgan fingerprint density at radius 2 is 1.39 bits per heavy atom. The molecule has 0 heterocycles. The molecule has 28 heavy (non-hydrogen) atoms. The Hall–Kier alpha value is -3.79. The summed E-state index contributed by atoms with van der Waals surface area (Å²) in [6.45, 7) is 2.00. The minimum absolute atomic E-state index is 0.178. The van der Waals surface area contributed by atoms with Gasteiger partial charge in [-0.05, 0) is 36.8 Å². The van der Waals surface area contributed by atoms with E-state index in [-0.39, 0.29) is 17.5 Å². The Bertz CT molecular complexity index is 1140. The van der Waals surface area contributed by atoms with Crippen LogP contribution in [0.2, 0.25) is 0 Å². The van der Waals surface area contributed by atoms with Gasteiger partial charge in [0.25, 0.3) is 0 Å². The van der Waals surface area contributed by atoms with Gasteiger partial charge in [0.2, 0.25) is 5.91 Å². The maximum Gasteiger partial charge on any atom is 0.248 e. The summed E-state index contributed by atoms with van der Waals surface area (Å²) in [5.74, 6) is -0.700. The summed E-state index contributed by atoms with van der Waals surface area (Å²) in [6, 6.07) is 19.4. The van der Waals surface area contributed by atoms with Gasteiger partial charge in [-0.25, -0.2) is 0 Å². The standard InChI is InChI=1S/C24H17NO3/c1-15-6-8-16(9-7-15)10-13-22(26)25-17-11-12-20-21(14-17)24(28)19-5-3-2-4-18(19)23(20)27/h2-14H,1H3,(H,25,26)/b13-10+. The van der Waals surface area contributed by atoms with Crippen molar-refractivity contribution >= 4 is 29.2 Å². The highest BCUT2D eigenvalue weighted by Gasteiger charge is 2.29. The van der Waals surface area contributed by atoms with Crippen molar-refractivity contribution in [3.8, 4) is 0 Å². The molecule has 4 heteroatoms. The molecule has 0 aromatic heterocycles. The van der Waals surface area contributed by atoms with Crippen molar-refractivity contribution in [2.24, 2.45) is 0 Å². The van der Waals surface area contributed by atoms with Gasteiger partial charge in [0.1, 0.15) is 0 Å². The quantitative estimate of drug-likeness (QED) is 0.545. The molecule has 1 amide bonds. The highest BCUT2D eigenvalue weighted by molar-refractivity contribution is 6.28. The summed E-state index contributed by atoms with van der Waals surface area (Å²) in [5.41, 5.74) is 4.01. The lowest BCUT2D eigenvalue weighted by atomic mass is 9.84. The first kappa shape index (κ1) is 17.6. The number of hydrogen-bond acceptors (Lipinski definition) is 3. The predicted octanol–water partition coefficient (Wildman–Crippen LogP) is 4.42. The first-order valence-electron chi connectivity index (χ1n) is 8.91. The maximum absolute atomic E-state index is 12.8. The van der Waals surface area contributed by atoms with Crippen LogP contribution in [0.4, 0.5) is 5.69 Å². The number of benzene rings is 3. The summed E-state index contributed by atoms with van der Waals surface area (Å²) < 4.78 is 0. The molecule has 0 saturated heterocycles. The van der Waals surface area contributed by atoms with Crippen LogP contribution in [0.5, 0.6) is 0 Å². The van der Waals surface area contributed by atoms with E-state index in [9.17, 15) is 14.4 Å². The Morgan fingerprint density at radius 1 is 0.786 bits per heavy atom. The van der Waals surface area contributed by atoms with Crippen molar-refractivity contribution in [2.45, 2.75) is 6.92 Å². The third kappa shape index (κ3) is 3.28. The van der Waals surface area contributed by atoms with E-state index in [0.717, 1.165) is 11.1 Å². The zero-order valence-electron chi connectivity index (χ0n) is 15.2. The third-order valence-corrected chi connectivity index (χ3v) is 4.70. The van der Waals surface area contributed by atoms with Crippen molar-refractivity contribution in [1.82, 2.24) is 0 Å². The molecule has 0 atom stereocenters. The van der Waals surface area contributed by atoms with Crippen LogP contribution in [-0.2, 0) is 4.79 Å². The molecule has 136 valence electrons. The molecule has 0 radical (unpaired) electrons. The topological polar surface area (TPSA) is 63.2 Å².